The highest BCUT2D eigenvalue weighted by Gasteiger charge is 2.18. The Kier molecular flexibility index (Phi) is 3.06. The van der Waals surface area contributed by atoms with Crippen molar-refractivity contribution >= 4 is 0 Å². The van der Waals surface area contributed by atoms with Gasteiger partial charge in [-0.3, -0.25) is 4.98 Å². The maximum absolute atomic E-state index is 5.65. The fourth-order valence-electron chi connectivity index (χ4n) is 2.11. The van der Waals surface area contributed by atoms with Gasteiger partial charge in [0, 0.05) is 12.8 Å². The zero-order valence-electron chi connectivity index (χ0n) is 10.4. The fraction of sp³-hybridized carbons (Fsp3) is 0.462. The SMILES string of the molecule is Cc1ccnc(-c2cnn(C3CCCCO3)n2)c1. The molecule has 0 amide bonds. The topological polar surface area (TPSA) is 52.8 Å². The molecule has 3 rings (SSSR count). The van der Waals surface area contributed by atoms with Crippen LogP contribution in [-0.4, -0.2) is 26.6 Å². The monoisotopic (exact) mass is 244 g/mol. The normalized spacial score (nSPS) is 19.9. The average molecular weight is 244 g/mol. The molecule has 0 radical (unpaired) electrons. The van der Waals surface area contributed by atoms with Crippen LogP contribution in [0.2, 0.25) is 0 Å². The van der Waals surface area contributed by atoms with E-state index in [9.17, 15) is 0 Å². The first-order chi connectivity index (χ1) is 8.83. The quantitative estimate of drug-likeness (QED) is 0.813. The summed E-state index contributed by atoms with van der Waals surface area (Å²) in [6, 6.07) is 3.98. The van der Waals surface area contributed by atoms with Crippen LogP contribution in [0.5, 0.6) is 0 Å². The number of rotatable bonds is 2. The maximum atomic E-state index is 5.65. The highest BCUT2D eigenvalue weighted by atomic mass is 16.5. The lowest BCUT2D eigenvalue weighted by Gasteiger charge is -2.21. The number of pyridine rings is 1. The zero-order chi connectivity index (χ0) is 12.4. The largest absolute Gasteiger partial charge is 0.355 e. The third-order valence-electron chi connectivity index (χ3n) is 3.10. The minimum Gasteiger partial charge on any atom is -0.355 e. The Balaban J connectivity index is 1.84. The third kappa shape index (κ3) is 2.26. The van der Waals surface area contributed by atoms with E-state index in [1.165, 1.54) is 12.0 Å². The molecular formula is C13H16N4O. The maximum Gasteiger partial charge on any atom is 0.169 e. The summed E-state index contributed by atoms with van der Waals surface area (Å²) in [4.78, 5) is 5.98. The van der Waals surface area contributed by atoms with E-state index in [0.29, 0.717) is 0 Å². The predicted molar refractivity (Wildman–Crippen MR) is 66.8 cm³/mol. The van der Waals surface area contributed by atoms with Crippen molar-refractivity contribution in [2.24, 2.45) is 0 Å². The molecule has 0 spiro atoms. The summed E-state index contributed by atoms with van der Waals surface area (Å²) in [5.74, 6) is 0. The lowest BCUT2D eigenvalue weighted by atomic mass is 10.2. The molecule has 0 bridgehead atoms. The molecule has 1 atom stereocenters. The van der Waals surface area contributed by atoms with E-state index in [1.54, 1.807) is 17.2 Å². The lowest BCUT2D eigenvalue weighted by molar-refractivity contribution is -0.0479. The van der Waals surface area contributed by atoms with Crippen LogP contribution in [-0.2, 0) is 4.74 Å². The molecular weight excluding hydrogens is 228 g/mol. The zero-order valence-corrected chi connectivity index (χ0v) is 10.4. The van der Waals surface area contributed by atoms with Gasteiger partial charge in [-0.2, -0.15) is 9.90 Å². The molecule has 18 heavy (non-hydrogen) atoms. The number of ether oxygens (including phenoxy) is 1. The molecule has 0 aromatic carbocycles. The molecule has 1 aliphatic heterocycles. The van der Waals surface area contributed by atoms with E-state index < -0.39 is 0 Å². The van der Waals surface area contributed by atoms with E-state index >= 15 is 0 Å². The molecule has 0 aliphatic carbocycles. The van der Waals surface area contributed by atoms with Crippen molar-refractivity contribution in [3.05, 3.63) is 30.1 Å². The molecule has 3 heterocycles. The van der Waals surface area contributed by atoms with Crippen molar-refractivity contribution < 1.29 is 4.74 Å². The van der Waals surface area contributed by atoms with Crippen LogP contribution in [0.3, 0.4) is 0 Å². The number of aryl methyl sites for hydroxylation is 1. The van der Waals surface area contributed by atoms with Gasteiger partial charge in [-0.1, -0.05) is 0 Å². The third-order valence-corrected chi connectivity index (χ3v) is 3.10. The van der Waals surface area contributed by atoms with Gasteiger partial charge in [-0.05, 0) is 43.9 Å². The molecule has 1 unspecified atom stereocenters. The Morgan fingerprint density at radius 3 is 3.06 bits per heavy atom. The van der Waals surface area contributed by atoms with E-state index in [4.69, 9.17) is 4.74 Å². The van der Waals surface area contributed by atoms with Gasteiger partial charge >= 0.3 is 0 Å². The van der Waals surface area contributed by atoms with E-state index in [2.05, 4.69) is 15.2 Å². The molecule has 1 aliphatic rings. The van der Waals surface area contributed by atoms with E-state index in [1.807, 2.05) is 19.1 Å². The van der Waals surface area contributed by atoms with Crippen LogP contribution in [0.4, 0.5) is 0 Å². The Bertz CT molecular complexity index is 531. The summed E-state index contributed by atoms with van der Waals surface area (Å²) < 4.78 is 5.65. The van der Waals surface area contributed by atoms with E-state index in [0.717, 1.165) is 30.8 Å². The van der Waals surface area contributed by atoms with Crippen molar-refractivity contribution in [2.75, 3.05) is 6.61 Å². The van der Waals surface area contributed by atoms with Gasteiger partial charge in [-0.15, -0.1) is 5.10 Å². The second-order valence-electron chi connectivity index (χ2n) is 4.59. The molecule has 0 saturated carbocycles. The molecule has 0 N–H and O–H groups in total. The van der Waals surface area contributed by atoms with Crippen LogP contribution in [0, 0.1) is 6.92 Å². The molecule has 94 valence electrons. The van der Waals surface area contributed by atoms with Crippen molar-refractivity contribution in [2.45, 2.75) is 32.4 Å². The summed E-state index contributed by atoms with van der Waals surface area (Å²) in [6.07, 6.45) is 6.81. The van der Waals surface area contributed by atoms with Crippen LogP contribution in [0.25, 0.3) is 11.4 Å². The van der Waals surface area contributed by atoms with Gasteiger partial charge in [0.05, 0.1) is 11.9 Å². The van der Waals surface area contributed by atoms with Crippen LogP contribution in [0.1, 0.15) is 31.1 Å². The first-order valence-electron chi connectivity index (χ1n) is 6.29. The van der Waals surface area contributed by atoms with Gasteiger partial charge in [0.2, 0.25) is 0 Å². The fourth-order valence-corrected chi connectivity index (χ4v) is 2.11. The standard InChI is InChI=1S/C13H16N4O/c1-10-5-6-14-11(8-10)12-9-15-17(16-12)13-4-2-3-7-18-13/h5-6,8-9,13H,2-4,7H2,1H3. The Morgan fingerprint density at radius 2 is 2.28 bits per heavy atom. The molecule has 1 saturated heterocycles. The highest BCUT2D eigenvalue weighted by molar-refractivity contribution is 5.52. The Hall–Kier alpha value is -1.75. The molecule has 5 nitrogen and oxygen atoms in total. The molecule has 5 heteroatoms. The van der Waals surface area contributed by atoms with Gasteiger partial charge in [0.15, 0.2) is 6.23 Å². The number of aromatic nitrogens is 4. The molecule has 1 fully saturated rings. The van der Waals surface area contributed by atoms with Crippen molar-refractivity contribution in [3.63, 3.8) is 0 Å². The lowest BCUT2D eigenvalue weighted by Crippen LogP contribution is -2.20. The number of hydrogen-bond donors (Lipinski definition) is 0. The van der Waals surface area contributed by atoms with Crippen LogP contribution >= 0.6 is 0 Å². The Morgan fingerprint density at radius 1 is 1.33 bits per heavy atom. The van der Waals surface area contributed by atoms with Crippen LogP contribution in [0.15, 0.2) is 24.5 Å². The Labute approximate surface area is 106 Å². The summed E-state index contributed by atoms with van der Waals surface area (Å²) >= 11 is 0. The number of nitrogens with zero attached hydrogens (tertiary/aromatic N) is 4. The van der Waals surface area contributed by atoms with Crippen molar-refractivity contribution in [3.8, 4) is 11.4 Å². The van der Waals surface area contributed by atoms with Crippen molar-refractivity contribution in [1.82, 2.24) is 20.0 Å². The van der Waals surface area contributed by atoms with E-state index in [-0.39, 0.29) is 6.23 Å². The highest BCUT2D eigenvalue weighted by Crippen LogP contribution is 2.22. The molecule has 2 aromatic heterocycles. The first kappa shape index (κ1) is 11.3. The van der Waals surface area contributed by atoms with Gasteiger partial charge in [0.25, 0.3) is 0 Å². The van der Waals surface area contributed by atoms with Gasteiger partial charge in [-0.25, -0.2) is 0 Å². The summed E-state index contributed by atoms with van der Waals surface area (Å²) in [7, 11) is 0. The van der Waals surface area contributed by atoms with Crippen molar-refractivity contribution in [1.29, 1.82) is 0 Å². The first-order valence-corrected chi connectivity index (χ1v) is 6.29. The average Bonchev–Trinajstić information content (AvgIpc) is 2.89. The summed E-state index contributed by atoms with van der Waals surface area (Å²) in [5.41, 5.74) is 2.83. The second kappa shape index (κ2) is 4.86. The smallest absolute Gasteiger partial charge is 0.169 e. The summed E-state index contributed by atoms with van der Waals surface area (Å²) in [5, 5.41) is 8.75. The van der Waals surface area contributed by atoms with Gasteiger partial charge in [0.1, 0.15) is 5.69 Å². The summed E-state index contributed by atoms with van der Waals surface area (Å²) in [6.45, 7) is 2.84. The second-order valence-corrected chi connectivity index (χ2v) is 4.59. The number of hydrogen-bond acceptors (Lipinski definition) is 4. The minimum absolute atomic E-state index is 0.0164. The predicted octanol–water partition coefficient (Wildman–Crippen LogP) is 2.35. The van der Waals surface area contributed by atoms with Crippen LogP contribution < -0.4 is 0 Å². The minimum atomic E-state index is -0.0164. The molecule has 2 aromatic rings. The van der Waals surface area contributed by atoms with Gasteiger partial charge < -0.3 is 4.74 Å².